The molecule has 1 unspecified atom stereocenters. The lowest BCUT2D eigenvalue weighted by Crippen LogP contribution is -2.59. The predicted octanol–water partition coefficient (Wildman–Crippen LogP) is 1.05. The van der Waals surface area contributed by atoms with Gasteiger partial charge in [-0.25, -0.2) is 0 Å². The van der Waals surface area contributed by atoms with E-state index in [1.165, 1.54) is 0 Å². The summed E-state index contributed by atoms with van der Waals surface area (Å²) in [6.45, 7) is 6.52. The Balaban J connectivity index is 3.01. The molecule has 1 saturated heterocycles. The molecule has 0 radical (unpaired) electrons. The van der Waals surface area contributed by atoms with Crippen molar-refractivity contribution < 1.29 is 9.59 Å². The van der Waals surface area contributed by atoms with Gasteiger partial charge in [0.05, 0.1) is 6.07 Å². The largest absolute Gasteiger partial charge is 0.353 e. The first-order valence-electron chi connectivity index (χ1n) is 6.56. The SMILES string of the molecule is CCC1C(=O)NCCN1C(=O)C(C#N)(CC)CC. The molecule has 1 atom stereocenters. The molecule has 0 saturated carbocycles. The van der Waals surface area contributed by atoms with E-state index in [4.69, 9.17) is 0 Å². The zero-order valence-electron chi connectivity index (χ0n) is 11.3. The second kappa shape index (κ2) is 5.85. The van der Waals surface area contributed by atoms with Crippen LogP contribution < -0.4 is 5.32 Å². The van der Waals surface area contributed by atoms with Gasteiger partial charge < -0.3 is 10.2 Å². The van der Waals surface area contributed by atoms with Gasteiger partial charge >= 0.3 is 0 Å². The average Bonchev–Trinajstić information content (AvgIpc) is 2.40. The van der Waals surface area contributed by atoms with Crippen molar-refractivity contribution in [1.82, 2.24) is 10.2 Å². The molecule has 1 fully saturated rings. The number of carbonyl (C=O) groups excluding carboxylic acids is 2. The molecule has 5 heteroatoms. The number of rotatable bonds is 4. The molecule has 100 valence electrons. The van der Waals surface area contributed by atoms with Crippen molar-refractivity contribution in [3.63, 3.8) is 0 Å². The fraction of sp³-hybridized carbons (Fsp3) is 0.769. The molecule has 5 nitrogen and oxygen atoms in total. The number of carbonyl (C=O) groups is 2. The van der Waals surface area contributed by atoms with Crippen molar-refractivity contribution in [3.05, 3.63) is 0 Å². The van der Waals surface area contributed by atoms with E-state index >= 15 is 0 Å². The van der Waals surface area contributed by atoms with Crippen LogP contribution in [0.1, 0.15) is 40.0 Å². The molecule has 0 aromatic rings. The van der Waals surface area contributed by atoms with Crippen LogP contribution in [0.25, 0.3) is 0 Å². The fourth-order valence-electron chi connectivity index (χ4n) is 2.40. The highest BCUT2D eigenvalue weighted by Gasteiger charge is 2.43. The second-order valence-electron chi connectivity index (χ2n) is 4.61. The van der Waals surface area contributed by atoms with Gasteiger partial charge in [-0.15, -0.1) is 0 Å². The highest BCUT2D eigenvalue weighted by molar-refractivity contribution is 5.92. The Bertz CT molecular complexity index is 369. The van der Waals surface area contributed by atoms with Crippen LogP contribution in [-0.4, -0.2) is 35.8 Å². The highest BCUT2D eigenvalue weighted by Crippen LogP contribution is 2.29. The van der Waals surface area contributed by atoms with E-state index in [1.807, 2.05) is 20.8 Å². The topological polar surface area (TPSA) is 73.2 Å². The minimum absolute atomic E-state index is 0.115. The fourth-order valence-corrected chi connectivity index (χ4v) is 2.40. The molecule has 0 aromatic heterocycles. The maximum absolute atomic E-state index is 12.6. The van der Waals surface area contributed by atoms with Gasteiger partial charge in [0.15, 0.2) is 0 Å². The number of amides is 2. The molecule has 1 aliphatic rings. The van der Waals surface area contributed by atoms with Crippen LogP contribution in [-0.2, 0) is 9.59 Å². The molecule has 1 heterocycles. The number of nitrogens with zero attached hydrogens (tertiary/aromatic N) is 2. The monoisotopic (exact) mass is 251 g/mol. The Hall–Kier alpha value is -1.57. The second-order valence-corrected chi connectivity index (χ2v) is 4.61. The number of piperazine rings is 1. The Labute approximate surface area is 108 Å². The van der Waals surface area contributed by atoms with Crippen LogP contribution in [0.2, 0.25) is 0 Å². The van der Waals surface area contributed by atoms with E-state index < -0.39 is 11.5 Å². The summed E-state index contributed by atoms with van der Waals surface area (Å²) in [6, 6.07) is 1.72. The van der Waals surface area contributed by atoms with Gasteiger partial charge in [0.25, 0.3) is 0 Å². The molecule has 0 aliphatic carbocycles. The summed E-state index contributed by atoms with van der Waals surface area (Å²) >= 11 is 0. The first-order valence-corrected chi connectivity index (χ1v) is 6.56. The minimum Gasteiger partial charge on any atom is -0.353 e. The number of nitriles is 1. The highest BCUT2D eigenvalue weighted by atomic mass is 16.2. The van der Waals surface area contributed by atoms with Crippen molar-refractivity contribution in [2.75, 3.05) is 13.1 Å². The molecule has 0 spiro atoms. The van der Waals surface area contributed by atoms with Gasteiger partial charge in [0.1, 0.15) is 11.5 Å². The standard InChI is InChI=1S/C13H21N3O2/c1-4-10-11(17)15-7-8-16(10)12(18)13(5-2,6-3)9-14/h10H,4-8H2,1-3H3,(H,15,17). The average molecular weight is 251 g/mol. The van der Waals surface area contributed by atoms with E-state index in [0.717, 1.165) is 0 Å². The third-order valence-corrected chi connectivity index (χ3v) is 3.81. The Morgan fingerprint density at radius 2 is 2.11 bits per heavy atom. The quantitative estimate of drug-likeness (QED) is 0.811. The van der Waals surface area contributed by atoms with E-state index in [0.29, 0.717) is 32.4 Å². The Morgan fingerprint density at radius 3 is 2.56 bits per heavy atom. The van der Waals surface area contributed by atoms with Crippen molar-refractivity contribution in [2.45, 2.75) is 46.1 Å². The lowest BCUT2D eigenvalue weighted by atomic mass is 9.81. The Morgan fingerprint density at radius 1 is 1.50 bits per heavy atom. The maximum Gasteiger partial charge on any atom is 0.243 e. The number of nitrogens with one attached hydrogen (secondary N) is 1. The van der Waals surface area contributed by atoms with Crippen molar-refractivity contribution in [3.8, 4) is 6.07 Å². The third-order valence-electron chi connectivity index (χ3n) is 3.81. The molecular formula is C13H21N3O2. The molecule has 2 amide bonds. The summed E-state index contributed by atoms with van der Waals surface area (Å²) in [5.74, 6) is -0.312. The zero-order chi connectivity index (χ0) is 13.8. The Kier molecular flexibility index (Phi) is 4.71. The van der Waals surface area contributed by atoms with Crippen LogP contribution in [0.5, 0.6) is 0 Å². The van der Waals surface area contributed by atoms with Crippen LogP contribution in [0.4, 0.5) is 0 Å². The van der Waals surface area contributed by atoms with Gasteiger partial charge in [-0.3, -0.25) is 9.59 Å². The maximum atomic E-state index is 12.6. The molecule has 0 aromatic carbocycles. The summed E-state index contributed by atoms with van der Waals surface area (Å²) in [6.07, 6.45) is 1.54. The predicted molar refractivity (Wildman–Crippen MR) is 67.4 cm³/mol. The van der Waals surface area contributed by atoms with Crippen LogP contribution in [0.15, 0.2) is 0 Å². The van der Waals surface area contributed by atoms with Gasteiger partial charge in [-0.05, 0) is 19.3 Å². The molecule has 1 rings (SSSR count). The summed E-state index contributed by atoms with van der Waals surface area (Å²) in [7, 11) is 0. The van der Waals surface area contributed by atoms with Crippen molar-refractivity contribution >= 4 is 11.8 Å². The van der Waals surface area contributed by atoms with Gasteiger partial charge in [0, 0.05) is 13.1 Å². The van der Waals surface area contributed by atoms with Crippen LogP contribution in [0, 0.1) is 16.7 Å². The zero-order valence-corrected chi connectivity index (χ0v) is 11.3. The first kappa shape index (κ1) is 14.5. The van der Waals surface area contributed by atoms with E-state index in [-0.39, 0.29) is 11.8 Å². The molecule has 18 heavy (non-hydrogen) atoms. The number of hydrogen-bond donors (Lipinski definition) is 1. The van der Waals surface area contributed by atoms with E-state index in [2.05, 4.69) is 11.4 Å². The number of hydrogen-bond acceptors (Lipinski definition) is 3. The van der Waals surface area contributed by atoms with Crippen molar-refractivity contribution in [2.24, 2.45) is 5.41 Å². The molecule has 0 bridgehead atoms. The van der Waals surface area contributed by atoms with E-state index in [1.54, 1.807) is 4.90 Å². The van der Waals surface area contributed by atoms with Crippen LogP contribution in [0.3, 0.4) is 0 Å². The van der Waals surface area contributed by atoms with Gasteiger partial charge in [0.2, 0.25) is 11.8 Å². The van der Waals surface area contributed by atoms with Crippen LogP contribution >= 0.6 is 0 Å². The summed E-state index contributed by atoms with van der Waals surface area (Å²) < 4.78 is 0. The molecular weight excluding hydrogens is 230 g/mol. The molecule has 1 N–H and O–H groups in total. The third kappa shape index (κ3) is 2.33. The smallest absolute Gasteiger partial charge is 0.243 e. The molecule has 1 aliphatic heterocycles. The summed E-state index contributed by atoms with van der Waals surface area (Å²) in [5, 5.41) is 12.1. The van der Waals surface area contributed by atoms with Gasteiger partial charge in [-0.1, -0.05) is 20.8 Å². The normalized spacial score (nSPS) is 20.2. The summed E-state index contributed by atoms with van der Waals surface area (Å²) in [4.78, 5) is 25.9. The van der Waals surface area contributed by atoms with Crippen molar-refractivity contribution in [1.29, 1.82) is 5.26 Å². The summed E-state index contributed by atoms with van der Waals surface area (Å²) in [5.41, 5.74) is -0.981. The minimum atomic E-state index is -0.981. The first-order chi connectivity index (χ1) is 8.56. The van der Waals surface area contributed by atoms with Gasteiger partial charge in [-0.2, -0.15) is 5.26 Å². The van der Waals surface area contributed by atoms with E-state index in [9.17, 15) is 14.9 Å². The lowest BCUT2D eigenvalue weighted by Gasteiger charge is -2.38. The lowest BCUT2D eigenvalue weighted by molar-refractivity contribution is -0.149.